The van der Waals surface area contributed by atoms with Gasteiger partial charge in [0.1, 0.15) is 0 Å². The highest BCUT2D eigenvalue weighted by atomic mass is 79.9. The summed E-state index contributed by atoms with van der Waals surface area (Å²) in [5.74, 6) is 0. The first-order valence-corrected chi connectivity index (χ1v) is 12.5. The Labute approximate surface area is 206 Å². The Morgan fingerprint density at radius 3 is 2.12 bits per heavy atom. The third-order valence-corrected chi connectivity index (χ3v) is 8.41. The zero-order chi connectivity index (χ0) is 22.4. The molecule has 1 heteroatoms. The first-order valence-electron chi connectivity index (χ1n) is 11.7. The molecule has 0 saturated heterocycles. The minimum absolute atomic E-state index is 0.358. The van der Waals surface area contributed by atoms with Crippen molar-refractivity contribution in [2.24, 2.45) is 0 Å². The largest absolute Gasteiger partial charge is 0.0726 e. The maximum atomic E-state index is 3.81. The van der Waals surface area contributed by atoms with Crippen LogP contribution in [0.4, 0.5) is 0 Å². The van der Waals surface area contributed by atoms with E-state index in [1.165, 1.54) is 66.1 Å². The molecule has 0 bridgehead atoms. The summed E-state index contributed by atoms with van der Waals surface area (Å²) in [5, 5.41) is 5.28. The van der Waals surface area contributed by atoms with Gasteiger partial charge in [0.25, 0.3) is 0 Å². The standard InChI is InChI=1S/C33H19Br/c34-22-16-17-25-24-11-3-4-13-27(24)33(30(25)19-22)28-14-6-9-21-8-5-12-26(31(21)28)32-23-10-2-1-7-20(23)15-18-29(32)33/h1-19H. The molecule has 6 aromatic carbocycles. The second kappa shape index (κ2) is 6.46. The molecule has 0 amide bonds. The molecule has 1 atom stereocenters. The summed E-state index contributed by atoms with van der Waals surface area (Å²) in [6.45, 7) is 0. The van der Waals surface area contributed by atoms with Crippen LogP contribution in [-0.4, -0.2) is 0 Å². The number of benzene rings is 6. The second-order valence-electron chi connectivity index (χ2n) is 9.40. The molecule has 8 rings (SSSR count). The van der Waals surface area contributed by atoms with Gasteiger partial charge in [-0.3, -0.25) is 0 Å². The Hall–Kier alpha value is -3.68. The van der Waals surface area contributed by atoms with Crippen LogP contribution in [0.15, 0.2) is 120 Å². The molecule has 0 heterocycles. The van der Waals surface area contributed by atoms with Gasteiger partial charge in [0.15, 0.2) is 0 Å². The molecule has 0 N–H and O–H groups in total. The molecule has 2 aliphatic rings. The molecule has 34 heavy (non-hydrogen) atoms. The van der Waals surface area contributed by atoms with Gasteiger partial charge < -0.3 is 0 Å². The van der Waals surface area contributed by atoms with Crippen molar-refractivity contribution in [1.29, 1.82) is 0 Å². The van der Waals surface area contributed by atoms with Gasteiger partial charge in [-0.1, -0.05) is 119 Å². The van der Waals surface area contributed by atoms with Gasteiger partial charge in [-0.25, -0.2) is 0 Å². The van der Waals surface area contributed by atoms with Crippen LogP contribution in [0.2, 0.25) is 0 Å². The molecule has 0 saturated carbocycles. The smallest absolute Gasteiger partial charge is 0.0619 e. The Morgan fingerprint density at radius 2 is 1.18 bits per heavy atom. The molecular weight excluding hydrogens is 476 g/mol. The van der Waals surface area contributed by atoms with Crippen LogP contribution in [0.3, 0.4) is 0 Å². The highest BCUT2D eigenvalue weighted by Gasteiger charge is 2.50. The van der Waals surface area contributed by atoms with E-state index in [1.807, 2.05) is 0 Å². The maximum Gasteiger partial charge on any atom is 0.0726 e. The fraction of sp³-hybridized carbons (Fsp3) is 0.0303. The number of fused-ring (bicyclic) bond motifs is 11. The van der Waals surface area contributed by atoms with Gasteiger partial charge in [0.05, 0.1) is 5.41 Å². The lowest BCUT2D eigenvalue weighted by molar-refractivity contribution is 0.774. The first-order chi connectivity index (χ1) is 16.8. The fourth-order valence-corrected chi connectivity index (χ4v) is 7.07. The van der Waals surface area contributed by atoms with E-state index in [4.69, 9.17) is 0 Å². The lowest BCUT2D eigenvalue weighted by Crippen LogP contribution is -2.31. The first kappa shape index (κ1) is 18.7. The molecule has 1 spiro atoms. The Kier molecular flexibility index (Phi) is 3.56. The van der Waals surface area contributed by atoms with Crippen molar-refractivity contribution in [3.05, 3.63) is 142 Å². The molecule has 2 aliphatic carbocycles. The van der Waals surface area contributed by atoms with E-state index in [2.05, 4.69) is 131 Å². The number of rotatable bonds is 0. The molecule has 1 unspecified atom stereocenters. The summed E-state index contributed by atoms with van der Waals surface area (Å²) in [6, 6.07) is 43.0. The Bertz CT molecular complexity index is 1820. The average Bonchev–Trinajstić information content (AvgIpc) is 3.17. The van der Waals surface area contributed by atoms with Crippen molar-refractivity contribution >= 4 is 37.5 Å². The Balaban J connectivity index is 1.71. The third kappa shape index (κ3) is 2.10. The second-order valence-corrected chi connectivity index (χ2v) is 10.3. The summed E-state index contributed by atoms with van der Waals surface area (Å²) < 4.78 is 1.12. The van der Waals surface area contributed by atoms with Gasteiger partial charge in [0.2, 0.25) is 0 Å². The van der Waals surface area contributed by atoms with Crippen LogP contribution >= 0.6 is 15.9 Å². The van der Waals surface area contributed by atoms with Gasteiger partial charge in [-0.15, -0.1) is 0 Å². The van der Waals surface area contributed by atoms with Crippen LogP contribution in [0.25, 0.3) is 43.8 Å². The van der Waals surface area contributed by atoms with E-state index in [0.29, 0.717) is 0 Å². The zero-order valence-electron chi connectivity index (χ0n) is 18.3. The summed E-state index contributed by atoms with van der Waals surface area (Å²) in [4.78, 5) is 0. The van der Waals surface area contributed by atoms with Gasteiger partial charge in [-0.05, 0) is 78.2 Å². The molecule has 0 aliphatic heterocycles. The van der Waals surface area contributed by atoms with E-state index in [-0.39, 0.29) is 5.41 Å². The quantitative estimate of drug-likeness (QED) is 0.197. The van der Waals surface area contributed by atoms with Gasteiger partial charge >= 0.3 is 0 Å². The van der Waals surface area contributed by atoms with E-state index in [0.717, 1.165) is 4.47 Å². The van der Waals surface area contributed by atoms with Crippen molar-refractivity contribution in [1.82, 2.24) is 0 Å². The lowest BCUT2D eigenvalue weighted by atomic mass is 9.61. The van der Waals surface area contributed by atoms with Crippen LogP contribution in [-0.2, 0) is 5.41 Å². The predicted octanol–water partition coefficient (Wildman–Crippen LogP) is 9.10. The molecule has 6 aromatic rings. The molecule has 158 valence electrons. The topological polar surface area (TPSA) is 0 Å². The van der Waals surface area contributed by atoms with E-state index < -0.39 is 0 Å². The monoisotopic (exact) mass is 494 g/mol. The molecular formula is C33H19Br. The summed E-state index contributed by atoms with van der Waals surface area (Å²) in [6.07, 6.45) is 0. The predicted molar refractivity (Wildman–Crippen MR) is 145 cm³/mol. The highest BCUT2D eigenvalue weighted by molar-refractivity contribution is 9.10. The zero-order valence-corrected chi connectivity index (χ0v) is 19.9. The van der Waals surface area contributed by atoms with Crippen molar-refractivity contribution in [2.75, 3.05) is 0 Å². The summed E-state index contributed by atoms with van der Waals surface area (Å²) in [7, 11) is 0. The minimum atomic E-state index is -0.358. The number of hydrogen-bond donors (Lipinski definition) is 0. The fourth-order valence-electron chi connectivity index (χ4n) is 6.71. The maximum absolute atomic E-state index is 3.81. The van der Waals surface area contributed by atoms with Gasteiger partial charge in [-0.2, -0.15) is 0 Å². The highest BCUT2D eigenvalue weighted by Crippen LogP contribution is 2.62. The van der Waals surface area contributed by atoms with E-state index in [9.17, 15) is 0 Å². The lowest BCUT2D eigenvalue weighted by Gasteiger charge is -2.40. The van der Waals surface area contributed by atoms with Crippen LogP contribution in [0.1, 0.15) is 22.3 Å². The van der Waals surface area contributed by atoms with Crippen molar-refractivity contribution in [3.63, 3.8) is 0 Å². The van der Waals surface area contributed by atoms with Crippen LogP contribution in [0.5, 0.6) is 0 Å². The van der Waals surface area contributed by atoms with Crippen molar-refractivity contribution in [3.8, 4) is 22.3 Å². The van der Waals surface area contributed by atoms with Crippen LogP contribution in [0, 0.1) is 0 Å². The number of hydrogen-bond acceptors (Lipinski definition) is 0. The van der Waals surface area contributed by atoms with Gasteiger partial charge in [0, 0.05) is 4.47 Å². The minimum Gasteiger partial charge on any atom is -0.0619 e. The van der Waals surface area contributed by atoms with Crippen molar-refractivity contribution < 1.29 is 0 Å². The van der Waals surface area contributed by atoms with Crippen LogP contribution < -0.4 is 0 Å². The average molecular weight is 495 g/mol. The normalized spacial score (nSPS) is 17.1. The molecule has 0 aromatic heterocycles. The van der Waals surface area contributed by atoms with Crippen molar-refractivity contribution in [2.45, 2.75) is 5.41 Å². The van der Waals surface area contributed by atoms with E-state index in [1.54, 1.807) is 0 Å². The summed E-state index contributed by atoms with van der Waals surface area (Å²) >= 11 is 3.81. The SMILES string of the molecule is Brc1ccc2c(c1)C1(c3ccccc3-2)c2ccc3ccccc3c2-c2cccc3cccc1c23. The molecule has 0 fully saturated rings. The Morgan fingerprint density at radius 1 is 0.471 bits per heavy atom. The molecule has 0 nitrogen and oxygen atoms in total. The number of halogens is 1. The summed E-state index contributed by atoms with van der Waals surface area (Å²) in [5.41, 5.74) is 10.5. The molecule has 0 radical (unpaired) electrons. The third-order valence-electron chi connectivity index (χ3n) is 7.92. The van der Waals surface area contributed by atoms with E-state index >= 15 is 0 Å².